The van der Waals surface area contributed by atoms with Crippen LogP contribution in [0.5, 0.6) is 0 Å². The minimum Gasteiger partial charge on any atom is -0.444 e. The number of ether oxygens (including phenoxy) is 3. The lowest BCUT2D eigenvalue weighted by atomic mass is 10.1. The number of nitrogens with zero attached hydrogens (tertiary/aromatic N) is 2. The van der Waals surface area contributed by atoms with Gasteiger partial charge in [0.25, 0.3) is 0 Å². The third kappa shape index (κ3) is 12.6. The van der Waals surface area contributed by atoms with Crippen LogP contribution in [0, 0.1) is 5.92 Å². The number of guanidine groups is 1. The molecule has 0 aliphatic carbocycles. The van der Waals surface area contributed by atoms with E-state index in [0.717, 1.165) is 51.6 Å². The van der Waals surface area contributed by atoms with Gasteiger partial charge in [0.15, 0.2) is 5.96 Å². The van der Waals surface area contributed by atoms with Crippen molar-refractivity contribution < 1.29 is 19.0 Å². The molecule has 1 fully saturated rings. The molecule has 8 heteroatoms. The van der Waals surface area contributed by atoms with E-state index in [-0.39, 0.29) is 6.09 Å². The summed E-state index contributed by atoms with van der Waals surface area (Å²) in [6, 6.07) is 0. The first kappa shape index (κ1) is 25.5. The predicted octanol–water partition coefficient (Wildman–Crippen LogP) is 2.63. The number of carbonyl (C=O) groups is 1. The molecule has 0 aromatic heterocycles. The van der Waals surface area contributed by atoms with Crippen molar-refractivity contribution >= 4 is 12.1 Å². The molecule has 1 saturated heterocycles. The van der Waals surface area contributed by atoms with Gasteiger partial charge in [0.1, 0.15) is 5.60 Å². The number of amides is 1. The molecule has 170 valence electrons. The quantitative estimate of drug-likeness (QED) is 0.290. The van der Waals surface area contributed by atoms with Crippen LogP contribution in [-0.4, -0.2) is 81.7 Å². The molecule has 1 aliphatic rings. The van der Waals surface area contributed by atoms with Crippen LogP contribution in [0.15, 0.2) is 4.99 Å². The third-order valence-corrected chi connectivity index (χ3v) is 4.26. The SMILES string of the molecule is CCCN(CCNC(=NCCCOCC1CCOC1)NCC)C(=O)OC(C)(C)C. The molecular formula is C21H42N4O4. The van der Waals surface area contributed by atoms with Gasteiger partial charge < -0.3 is 29.7 Å². The van der Waals surface area contributed by atoms with Crippen molar-refractivity contribution in [2.45, 2.75) is 59.5 Å². The number of aliphatic imine (C=N–C) groups is 1. The fourth-order valence-electron chi connectivity index (χ4n) is 2.86. The summed E-state index contributed by atoms with van der Waals surface area (Å²) in [7, 11) is 0. The van der Waals surface area contributed by atoms with Crippen LogP contribution in [0.3, 0.4) is 0 Å². The van der Waals surface area contributed by atoms with E-state index in [1.807, 2.05) is 27.7 Å². The summed E-state index contributed by atoms with van der Waals surface area (Å²) in [6.45, 7) is 16.3. The summed E-state index contributed by atoms with van der Waals surface area (Å²) in [5.41, 5.74) is -0.486. The summed E-state index contributed by atoms with van der Waals surface area (Å²) < 4.78 is 16.6. The normalized spacial score (nSPS) is 17.3. The van der Waals surface area contributed by atoms with Gasteiger partial charge in [-0.1, -0.05) is 6.92 Å². The van der Waals surface area contributed by atoms with E-state index in [2.05, 4.69) is 22.5 Å². The van der Waals surface area contributed by atoms with Gasteiger partial charge in [-0.2, -0.15) is 0 Å². The molecule has 0 saturated carbocycles. The van der Waals surface area contributed by atoms with E-state index in [4.69, 9.17) is 14.2 Å². The minimum absolute atomic E-state index is 0.270. The number of carbonyl (C=O) groups excluding carboxylic acids is 1. The van der Waals surface area contributed by atoms with Gasteiger partial charge in [-0.25, -0.2) is 4.79 Å². The average molecular weight is 415 g/mol. The number of hydrogen-bond donors (Lipinski definition) is 2. The Morgan fingerprint density at radius 3 is 2.66 bits per heavy atom. The lowest BCUT2D eigenvalue weighted by molar-refractivity contribution is 0.0253. The summed E-state index contributed by atoms with van der Waals surface area (Å²) in [6.07, 6.45) is 2.60. The van der Waals surface area contributed by atoms with E-state index in [0.29, 0.717) is 38.7 Å². The van der Waals surface area contributed by atoms with Crippen LogP contribution >= 0.6 is 0 Å². The molecule has 0 aromatic rings. The summed E-state index contributed by atoms with van der Waals surface area (Å²) >= 11 is 0. The Morgan fingerprint density at radius 1 is 1.24 bits per heavy atom. The van der Waals surface area contributed by atoms with Gasteiger partial charge in [-0.15, -0.1) is 0 Å². The number of hydrogen-bond acceptors (Lipinski definition) is 5. The van der Waals surface area contributed by atoms with Gasteiger partial charge in [-0.05, 0) is 47.0 Å². The maximum atomic E-state index is 12.3. The first-order valence-electron chi connectivity index (χ1n) is 11.0. The fourth-order valence-corrected chi connectivity index (χ4v) is 2.86. The largest absolute Gasteiger partial charge is 0.444 e. The van der Waals surface area contributed by atoms with E-state index in [9.17, 15) is 4.79 Å². The van der Waals surface area contributed by atoms with Crippen LogP contribution in [0.2, 0.25) is 0 Å². The van der Waals surface area contributed by atoms with Gasteiger partial charge in [0.05, 0.1) is 13.2 Å². The van der Waals surface area contributed by atoms with Gasteiger partial charge >= 0.3 is 6.09 Å². The zero-order valence-electron chi connectivity index (χ0n) is 19.1. The van der Waals surface area contributed by atoms with E-state index in [1.165, 1.54) is 0 Å². The Labute approximate surface area is 176 Å². The molecule has 2 N–H and O–H groups in total. The minimum atomic E-state index is -0.486. The molecule has 1 heterocycles. The van der Waals surface area contributed by atoms with E-state index >= 15 is 0 Å². The second-order valence-corrected chi connectivity index (χ2v) is 8.31. The van der Waals surface area contributed by atoms with Crippen molar-refractivity contribution in [3.05, 3.63) is 0 Å². The van der Waals surface area contributed by atoms with E-state index < -0.39 is 5.60 Å². The Morgan fingerprint density at radius 2 is 2.03 bits per heavy atom. The fraction of sp³-hybridized carbons (Fsp3) is 0.905. The molecule has 0 bridgehead atoms. The number of rotatable bonds is 12. The van der Waals surface area contributed by atoms with Crippen molar-refractivity contribution in [1.82, 2.24) is 15.5 Å². The van der Waals surface area contributed by atoms with Gasteiger partial charge in [0, 0.05) is 51.9 Å². The molecule has 0 radical (unpaired) electrons. The first-order valence-corrected chi connectivity index (χ1v) is 11.0. The van der Waals surface area contributed by atoms with Crippen molar-refractivity contribution in [2.24, 2.45) is 10.9 Å². The summed E-state index contributed by atoms with van der Waals surface area (Å²) in [5.74, 6) is 1.31. The van der Waals surface area contributed by atoms with Crippen LogP contribution < -0.4 is 10.6 Å². The summed E-state index contributed by atoms with van der Waals surface area (Å²) in [4.78, 5) is 18.6. The highest BCUT2D eigenvalue weighted by atomic mass is 16.6. The van der Waals surface area contributed by atoms with Crippen molar-refractivity contribution in [2.75, 3.05) is 59.2 Å². The highest BCUT2D eigenvalue weighted by Crippen LogP contribution is 2.12. The average Bonchev–Trinajstić information content (AvgIpc) is 3.15. The second-order valence-electron chi connectivity index (χ2n) is 8.31. The molecule has 8 nitrogen and oxygen atoms in total. The Bertz CT molecular complexity index is 474. The standard InChI is InChI=1S/C21H42N4O4/c1-6-12-25(20(26)29-21(3,4)5)13-11-24-19(22-7-2)23-10-8-14-27-16-18-9-15-28-17-18/h18H,6-17H2,1-5H3,(H2,22,23,24). The van der Waals surface area contributed by atoms with Crippen LogP contribution in [0.4, 0.5) is 4.79 Å². The maximum absolute atomic E-state index is 12.3. The summed E-state index contributed by atoms with van der Waals surface area (Å²) in [5, 5.41) is 6.53. The molecular weight excluding hydrogens is 372 g/mol. The van der Waals surface area contributed by atoms with Crippen molar-refractivity contribution in [1.29, 1.82) is 0 Å². The van der Waals surface area contributed by atoms with Crippen LogP contribution in [0.1, 0.15) is 53.9 Å². The number of nitrogens with one attached hydrogen (secondary N) is 2. The predicted molar refractivity (Wildman–Crippen MR) is 116 cm³/mol. The Balaban J connectivity index is 2.30. The monoisotopic (exact) mass is 414 g/mol. The van der Waals surface area contributed by atoms with Gasteiger partial charge in [0.2, 0.25) is 0 Å². The van der Waals surface area contributed by atoms with Crippen LogP contribution in [0.25, 0.3) is 0 Å². The highest BCUT2D eigenvalue weighted by Gasteiger charge is 2.21. The Hall–Kier alpha value is -1.54. The lowest BCUT2D eigenvalue weighted by Crippen LogP contribution is -2.44. The van der Waals surface area contributed by atoms with Crippen LogP contribution in [-0.2, 0) is 14.2 Å². The molecule has 1 rings (SSSR count). The molecule has 0 aromatic carbocycles. The lowest BCUT2D eigenvalue weighted by Gasteiger charge is -2.27. The molecule has 0 spiro atoms. The van der Waals surface area contributed by atoms with E-state index in [1.54, 1.807) is 4.90 Å². The molecule has 1 atom stereocenters. The second kappa shape index (κ2) is 14.4. The topological polar surface area (TPSA) is 84.4 Å². The molecule has 29 heavy (non-hydrogen) atoms. The highest BCUT2D eigenvalue weighted by molar-refractivity contribution is 5.79. The van der Waals surface area contributed by atoms with Crippen molar-refractivity contribution in [3.63, 3.8) is 0 Å². The smallest absolute Gasteiger partial charge is 0.410 e. The van der Waals surface area contributed by atoms with Gasteiger partial charge in [-0.3, -0.25) is 4.99 Å². The third-order valence-electron chi connectivity index (χ3n) is 4.26. The van der Waals surface area contributed by atoms with Crippen molar-refractivity contribution in [3.8, 4) is 0 Å². The molecule has 1 unspecified atom stereocenters. The first-order chi connectivity index (χ1) is 13.9. The Kier molecular flexibility index (Phi) is 12.7. The zero-order valence-corrected chi connectivity index (χ0v) is 19.1. The zero-order chi connectivity index (χ0) is 21.5. The molecule has 1 aliphatic heterocycles. The maximum Gasteiger partial charge on any atom is 0.410 e. The molecule has 1 amide bonds.